The summed E-state index contributed by atoms with van der Waals surface area (Å²) >= 11 is 0. The number of nitrogens with zero attached hydrogens (tertiary/aromatic N) is 2. The van der Waals surface area contributed by atoms with Crippen LogP contribution < -0.4 is 9.21 Å². The number of hydrogen-bond donors (Lipinski definition) is 0. The third-order valence-electron chi connectivity index (χ3n) is 4.61. The molecule has 4 rings (SSSR count). The van der Waals surface area contributed by atoms with Crippen molar-refractivity contribution in [2.75, 3.05) is 22.3 Å². The van der Waals surface area contributed by atoms with Crippen molar-refractivity contribution in [1.29, 1.82) is 0 Å². The van der Waals surface area contributed by atoms with Gasteiger partial charge in [0.05, 0.1) is 17.1 Å². The summed E-state index contributed by atoms with van der Waals surface area (Å²) in [6, 6.07) is 8.48. The summed E-state index contributed by atoms with van der Waals surface area (Å²) in [5, 5.41) is 0. The zero-order valence-electron chi connectivity index (χ0n) is 12.9. The van der Waals surface area contributed by atoms with Gasteiger partial charge in [-0.15, -0.1) is 0 Å². The highest BCUT2D eigenvalue weighted by molar-refractivity contribution is 7.93. The van der Waals surface area contributed by atoms with Crippen LogP contribution >= 0.6 is 0 Å². The van der Waals surface area contributed by atoms with Crippen molar-refractivity contribution in [2.45, 2.75) is 24.3 Å². The van der Waals surface area contributed by atoms with Crippen LogP contribution in [0.1, 0.15) is 18.4 Å². The van der Waals surface area contributed by atoms with E-state index in [9.17, 15) is 17.2 Å². The predicted octanol–water partition coefficient (Wildman–Crippen LogP) is 3.27. The lowest BCUT2D eigenvalue weighted by atomic mass is 10.2. The molecular formula is C17H16F2N2O2S. The van der Waals surface area contributed by atoms with Gasteiger partial charge in [-0.05, 0) is 37.1 Å². The number of anilines is 2. The van der Waals surface area contributed by atoms with Gasteiger partial charge in [-0.25, -0.2) is 17.2 Å². The van der Waals surface area contributed by atoms with E-state index in [1.54, 1.807) is 12.1 Å². The van der Waals surface area contributed by atoms with E-state index >= 15 is 0 Å². The number of halogens is 2. The molecular weight excluding hydrogens is 334 g/mol. The summed E-state index contributed by atoms with van der Waals surface area (Å²) in [5.74, 6) is -1.20. The molecule has 0 radical (unpaired) electrons. The average Bonchev–Trinajstić information content (AvgIpc) is 3.15. The van der Waals surface area contributed by atoms with Crippen molar-refractivity contribution in [2.24, 2.45) is 0 Å². The first kappa shape index (κ1) is 15.4. The fraction of sp³-hybridized carbons (Fsp3) is 0.294. The smallest absolute Gasteiger partial charge is 0.265 e. The van der Waals surface area contributed by atoms with Crippen LogP contribution in [0.3, 0.4) is 0 Å². The number of rotatable bonds is 2. The second-order valence-corrected chi connectivity index (χ2v) is 7.86. The number of fused-ring (bicyclic) bond motifs is 1. The zero-order chi connectivity index (χ0) is 16.9. The van der Waals surface area contributed by atoms with Crippen molar-refractivity contribution >= 4 is 21.4 Å². The Morgan fingerprint density at radius 1 is 0.917 bits per heavy atom. The number of sulfonamides is 1. The summed E-state index contributed by atoms with van der Waals surface area (Å²) in [6.45, 7) is 1.32. The van der Waals surface area contributed by atoms with Crippen LogP contribution in [0.5, 0.6) is 0 Å². The van der Waals surface area contributed by atoms with Gasteiger partial charge in [0, 0.05) is 18.7 Å². The molecule has 24 heavy (non-hydrogen) atoms. The molecule has 0 unspecified atom stereocenters. The molecule has 2 aromatic rings. The molecule has 0 N–H and O–H groups in total. The topological polar surface area (TPSA) is 40.6 Å². The lowest BCUT2D eigenvalue weighted by Crippen LogP contribution is -2.28. The SMILES string of the molecule is O=S1(=O)c2cccc(F)c2CN1c1c(F)cccc1N1CCCC1. The van der Waals surface area contributed by atoms with E-state index in [-0.39, 0.29) is 22.7 Å². The number of para-hydroxylation sites is 1. The van der Waals surface area contributed by atoms with Crippen molar-refractivity contribution in [3.8, 4) is 0 Å². The molecule has 0 aromatic heterocycles. The standard InChI is InChI=1S/C17H16F2N2O2S/c18-13-5-4-8-16-12(13)11-21(24(16,22)23)17-14(19)6-3-7-15(17)20-9-1-2-10-20/h3-8H,1-2,9-11H2. The first-order valence-electron chi connectivity index (χ1n) is 7.84. The lowest BCUT2D eigenvalue weighted by molar-refractivity contribution is 0.591. The highest BCUT2D eigenvalue weighted by Gasteiger charge is 2.39. The molecule has 0 amide bonds. The minimum Gasteiger partial charge on any atom is -0.370 e. The molecule has 126 valence electrons. The fourth-order valence-corrected chi connectivity index (χ4v) is 5.13. The van der Waals surface area contributed by atoms with Gasteiger partial charge in [0.2, 0.25) is 0 Å². The Bertz CT molecular complexity index is 909. The van der Waals surface area contributed by atoms with Crippen LogP contribution in [-0.4, -0.2) is 21.5 Å². The van der Waals surface area contributed by atoms with Gasteiger partial charge in [0.25, 0.3) is 10.0 Å². The monoisotopic (exact) mass is 350 g/mol. The molecule has 2 aromatic carbocycles. The molecule has 7 heteroatoms. The van der Waals surface area contributed by atoms with Crippen molar-refractivity contribution in [3.05, 3.63) is 53.6 Å². The molecule has 0 aliphatic carbocycles. The highest BCUT2D eigenvalue weighted by Crippen LogP contribution is 2.42. The highest BCUT2D eigenvalue weighted by atomic mass is 32.2. The Morgan fingerprint density at radius 2 is 1.58 bits per heavy atom. The summed E-state index contributed by atoms with van der Waals surface area (Å²) < 4.78 is 55.3. The summed E-state index contributed by atoms with van der Waals surface area (Å²) in [6.07, 6.45) is 1.97. The molecule has 0 spiro atoms. The van der Waals surface area contributed by atoms with Gasteiger partial charge < -0.3 is 4.90 Å². The number of hydrogen-bond acceptors (Lipinski definition) is 3. The van der Waals surface area contributed by atoms with Crippen LogP contribution in [0.2, 0.25) is 0 Å². The molecule has 2 aliphatic heterocycles. The van der Waals surface area contributed by atoms with E-state index in [1.807, 2.05) is 4.90 Å². The zero-order valence-corrected chi connectivity index (χ0v) is 13.7. The Labute approximate surface area is 139 Å². The first-order chi connectivity index (χ1) is 11.5. The molecule has 0 saturated carbocycles. The second-order valence-electron chi connectivity index (χ2n) is 6.03. The normalized spacial score (nSPS) is 18.9. The largest absolute Gasteiger partial charge is 0.370 e. The van der Waals surface area contributed by atoms with Crippen molar-refractivity contribution in [3.63, 3.8) is 0 Å². The van der Waals surface area contributed by atoms with E-state index < -0.39 is 21.7 Å². The maximum atomic E-state index is 14.6. The van der Waals surface area contributed by atoms with E-state index in [2.05, 4.69) is 0 Å². The number of benzene rings is 2. The maximum Gasteiger partial charge on any atom is 0.265 e. The Hall–Kier alpha value is -2.15. The lowest BCUT2D eigenvalue weighted by Gasteiger charge is -2.26. The van der Waals surface area contributed by atoms with Crippen LogP contribution in [0.4, 0.5) is 20.2 Å². The maximum absolute atomic E-state index is 14.6. The average molecular weight is 350 g/mol. The third kappa shape index (κ3) is 2.18. The van der Waals surface area contributed by atoms with Gasteiger partial charge in [0.15, 0.2) is 0 Å². The fourth-order valence-electron chi connectivity index (χ4n) is 3.44. The molecule has 1 fully saturated rings. The van der Waals surface area contributed by atoms with Crippen LogP contribution in [0, 0.1) is 11.6 Å². The Kier molecular flexibility index (Phi) is 3.49. The summed E-state index contributed by atoms with van der Waals surface area (Å²) in [7, 11) is -3.97. The molecule has 1 saturated heterocycles. The van der Waals surface area contributed by atoms with Gasteiger partial charge >= 0.3 is 0 Å². The van der Waals surface area contributed by atoms with Gasteiger partial charge in [-0.3, -0.25) is 4.31 Å². The molecule has 4 nitrogen and oxygen atoms in total. The minimum atomic E-state index is -3.97. The molecule has 0 bridgehead atoms. The van der Waals surface area contributed by atoms with Gasteiger partial charge in [-0.2, -0.15) is 0 Å². The third-order valence-corrected chi connectivity index (χ3v) is 6.44. The Morgan fingerprint density at radius 3 is 2.29 bits per heavy atom. The quantitative estimate of drug-likeness (QED) is 0.835. The van der Waals surface area contributed by atoms with Crippen LogP contribution in [0.15, 0.2) is 41.3 Å². The first-order valence-corrected chi connectivity index (χ1v) is 9.28. The van der Waals surface area contributed by atoms with Crippen LogP contribution in [0.25, 0.3) is 0 Å². The molecule has 0 atom stereocenters. The molecule has 2 heterocycles. The minimum absolute atomic E-state index is 0.00926. The van der Waals surface area contributed by atoms with Gasteiger partial charge in [0.1, 0.15) is 17.3 Å². The van der Waals surface area contributed by atoms with Gasteiger partial charge in [-0.1, -0.05) is 12.1 Å². The van der Waals surface area contributed by atoms with E-state index in [0.717, 1.165) is 30.2 Å². The van der Waals surface area contributed by atoms with Crippen molar-refractivity contribution < 1.29 is 17.2 Å². The van der Waals surface area contributed by atoms with E-state index in [4.69, 9.17) is 0 Å². The van der Waals surface area contributed by atoms with E-state index in [0.29, 0.717) is 5.69 Å². The summed E-state index contributed by atoms with van der Waals surface area (Å²) in [4.78, 5) is 1.89. The summed E-state index contributed by atoms with van der Waals surface area (Å²) in [5.41, 5.74) is 0.646. The van der Waals surface area contributed by atoms with E-state index in [1.165, 1.54) is 24.3 Å². The second kappa shape index (κ2) is 5.44. The Balaban J connectivity index is 1.88. The predicted molar refractivity (Wildman–Crippen MR) is 87.6 cm³/mol. The van der Waals surface area contributed by atoms with Crippen LogP contribution in [-0.2, 0) is 16.6 Å². The van der Waals surface area contributed by atoms with Crippen molar-refractivity contribution in [1.82, 2.24) is 0 Å². The molecule has 2 aliphatic rings.